The normalized spacial score (nSPS) is 11.5. The van der Waals surface area contributed by atoms with Gasteiger partial charge in [0.2, 0.25) is 0 Å². The minimum atomic E-state index is -3.75. The maximum atomic E-state index is 11.9. The van der Waals surface area contributed by atoms with E-state index in [2.05, 4.69) is 0 Å². The fraction of sp³-hybridized carbons (Fsp3) is 0.0417. The van der Waals surface area contributed by atoms with Crippen LogP contribution >= 0.6 is 0 Å². The van der Waals surface area contributed by atoms with Gasteiger partial charge in [-0.3, -0.25) is 4.57 Å². The standard InChI is InChI=1S/C24H18N2O5S/c1-32(27,28)31-19-12-6-5-11-18(19)24-25-22(20-13-7-15-29-20)23(21-14-8-16-30-21)26(24)17-9-3-2-4-10-17/h2-16H,1H3. The molecule has 8 heteroatoms. The molecular weight excluding hydrogens is 428 g/mol. The molecule has 0 bridgehead atoms. The first-order valence-electron chi connectivity index (χ1n) is 9.76. The second-order valence-electron chi connectivity index (χ2n) is 7.04. The molecule has 0 aliphatic rings. The van der Waals surface area contributed by atoms with E-state index in [9.17, 15) is 8.42 Å². The summed E-state index contributed by atoms with van der Waals surface area (Å²) in [6, 6.07) is 23.7. The monoisotopic (exact) mass is 446 g/mol. The van der Waals surface area contributed by atoms with Crippen molar-refractivity contribution in [2.75, 3.05) is 6.26 Å². The van der Waals surface area contributed by atoms with Crippen molar-refractivity contribution in [3.05, 3.63) is 91.4 Å². The van der Waals surface area contributed by atoms with Gasteiger partial charge >= 0.3 is 10.1 Å². The van der Waals surface area contributed by atoms with Crippen LogP contribution in [0.3, 0.4) is 0 Å². The van der Waals surface area contributed by atoms with Crippen LogP contribution in [0.4, 0.5) is 0 Å². The first-order valence-corrected chi connectivity index (χ1v) is 11.6. The lowest BCUT2D eigenvalue weighted by atomic mass is 10.1. The predicted molar refractivity (Wildman–Crippen MR) is 120 cm³/mol. The average molecular weight is 446 g/mol. The summed E-state index contributed by atoms with van der Waals surface area (Å²) >= 11 is 0. The van der Waals surface area contributed by atoms with Crippen molar-refractivity contribution in [3.8, 4) is 45.7 Å². The highest BCUT2D eigenvalue weighted by molar-refractivity contribution is 7.86. The number of hydrogen-bond acceptors (Lipinski definition) is 6. The van der Waals surface area contributed by atoms with Crippen LogP contribution in [-0.4, -0.2) is 24.2 Å². The van der Waals surface area contributed by atoms with Gasteiger partial charge < -0.3 is 13.0 Å². The van der Waals surface area contributed by atoms with Gasteiger partial charge in [0.1, 0.15) is 17.2 Å². The Morgan fingerprint density at radius 2 is 1.47 bits per heavy atom. The van der Waals surface area contributed by atoms with E-state index < -0.39 is 10.1 Å². The van der Waals surface area contributed by atoms with Gasteiger partial charge in [0.05, 0.1) is 24.3 Å². The van der Waals surface area contributed by atoms with E-state index in [1.54, 1.807) is 48.9 Å². The van der Waals surface area contributed by atoms with Crippen molar-refractivity contribution in [3.63, 3.8) is 0 Å². The van der Waals surface area contributed by atoms with Crippen molar-refractivity contribution in [1.29, 1.82) is 0 Å². The molecule has 2 aromatic carbocycles. The summed E-state index contributed by atoms with van der Waals surface area (Å²) in [6.07, 6.45) is 4.17. The number of furan rings is 2. The Kier molecular flexibility index (Phi) is 4.91. The van der Waals surface area contributed by atoms with Crippen LogP contribution in [0.1, 0.15) is 0 Å². The number of para-hydroxylation sites is 2. The average Bonchev–Trinajstić information content (AvgIpc) is 3.53. The topological polar surface area (TPSA) is 87.5 Å². The minimum absolute atomic E-state index is 0.175. The Labute approximate surface area is 184 Å². The molecule has 0 aliphatic heterocycles. The summed E-state index contributed by atoms with van der Waals surface area (Å²) in [5.41, 5.74) is 2.54. The molecular formula is C24H18N2O5S. The molecule has 0 unspecified atom stereocenters. The van der Waals surface area contributed by atoms with Crippen LogP contribution in [0, 0.1) is 0 Å². The van der Waals surface area contributed by atoms with Crippen LogP contribution < -0.4 is 4.18 Å². The van der Waals surface area contributed by atoms with Crippen LogP contribution in [0.25, 0.3) is 40.0 Å². The third-order valence-corrected chi connectivity index (χ3v) is 5.25. The zero-order valence-corrected chi connectivity index (χ0v) is 17.8. The van der Waals surface area contributed by atoms with E-state index in [0.29, 0.717) is 34.3 Å². The molecule has 3 heterocycles. The molecule has 0 atom stereocenters. The summed E-state index contributed by atoms with van der Waals surface area (Å²) in [5, 5.41) is 0. The summed E-state index contributed by atoms with van der Waals surface area (Å²) in [4.78, 5) is 4.88. The second kappa shape index (κ2) is 7.90. The Bertz CT molecular complexity index is 1450. The molecule has 7 nitrogen and oxygen atoms in total. The third kappa shape index (κ3) is 3.72. The number of benzene rings is 2. The lowest BCUT2D eigenvalue weighted by Crippen LogP contribution is -2.07. The molecule has 0 radical (unpaired) electrons. The first kappa shape index (κ1) is 19.9. The summed E-state index contributed by atoms with van der Waals surface area (Å²) in [7, 11) is -3.75. The summed E-state index contributed by atoms with van der Waals surface area (Å²) in [6.45, 7) is 0. The maximum absolute atomic E-state index is 11.9. The van der Waals surface area contributed by atoms with Gasteiger partial charge in [0, 0.05) is 5.69 Å². The number of hydrogen-bond donors (Lipinski definition) is 0. The molecule has 32 heavy (non-hydrogen) atoms. The number of imidazole rings is 1. The Balaban J connectivity index is 1.87. The van der Waals surface area contributed by atoms with E-state index >= 15 is 0 Å². The zero-order chi connectivity index (χ0) is 22.1. The third-order valence-electron chi connectivity index (χ3n) is 4.77. The van der Waals surface area contributed by atoms with E-state index in [0.717, 1.165) is 11.9 Å². The molecule has 5 rings (SSSR count). The molecule has 0 saturated carbocycles. The van der Waals surface area contributed by atoms with E-state index in [-0.39, 0.29) is 5.75 Å². The van der Waals surface area contributed by atoms with Gasteiger partial charge in [-0.05, 0) is 48.5 Å². The molecule has 0 amide bonds. The highest BCUT2D eigenvalue weighted by Crippen LogP contribution is 2.41. The lowest BCUT2D eigenvalue weighted by Gasteiger charge is -2.14. The van der Waals surface area contributed by atoms with Gasteiger partial charge in [-0.25, -0.2) is 4.98 Å². The van der Waals surface area contributed by atoms with Crippen molar-refractivity contribution in [2.24, 2.45) is 0 Å². The van der Waals surface area contributed by atoms with E-state index in [1.165, 1.54) is 0 Å². The Morgan fingerprint density at radius 1 is 0.812 bits per heavy atom. The van der Waals surface area contributed by atoms with Crippen LogP contribution in [0.2, 0.25) is 0 Å². The molecule has 5 aromatic rings. The fourth-order valence-corrected chi connectivity index (χ4v) is 4.01. The molecule has 0 saturated heterocycles. The van der Waals surface area contributed by atoms with Gasteiger partial charge in [-0.1, -0.05) is 30.3 Å². The van der Waals surface area contributed by atoms with E-state index in [4.69, 9.17) is 18.0 Å². The van der Waals surface area contributed by atoms with E-state index in [1.807, 2.05) is 47.0 Å². The second-order valence-corrected chi connectivity index (χ2v) is 8.62. The quantitative estimate of drug-likeness (QED) is 0.325. The van der Waals surface area contributed by atoms with Crippen molar-refractivity contribution >= 4 is 10.1 Å². The number of rotatable bonds is 6. The molecule has 0 aliphatic carbocycles. The molecule has 0 fully saturated rings. The van der Waals surface area contributed by atoms with Gasteiger partial charge in [-0.2, -0.15) is 8.42 Å². The van der Waals surface area contributed by atoms with Gasteiger partial charge in [-0.15, -0.1) is 0 Å². The Morgan fingerprint density at radius 3 is 2.12 bits per heavy atom. The highest BCUT2D eigenvalue weighted by atomic mass is 32.2. The summed E-state index contributed by atoms with van der Waals surface area (Å²) in [5.74, 6) is 1.79. The predicted octanol–water partition coefficient (Wildman–Crippen LogP) is 5.40. The van der Waals surface area contributed by atoms with Crippen molar-refractivity contribution < 1.29 is 21.4 Å². The Hall–Kier alpha value is -4.04. The lowest BCUT2D eigenvalue weighted by molar-refractivity contribution is 0.493. The molecule has 0 spiro atoms. The minimum Gasteiger partial charge on any atom is -0.463 e. The van der Waals surface area contributed by atoms with Crippen LogP contribution in [-0.2, 0) is 10.1 Å². The van der Waals surface area contributed by atoms with Crippen molar-refractivity contribution in [1.82, 2.24) is 9.55 Å². The largest absolute Gasteiger partial charge is 0.463 e. The highest BCUT2D eigenvalue weighted by Gasteiger charge is 2.27. The molecule has 0 N–H and O–H groups in total. The molecule has 3 aromatic heterocycles. The van der Waals surface area contributed by atoms with Crippen LogP contribution in [0.15, 0.2) is 100 Å². The maximum Gasteiger partial charge on any atom is 0.306 e. The van der Waals surface area contributed by atoms with Crippen LogP contribution in [0.5, 0.6) is 5.75 Å². The summed E-state index contributed by atoms with van der Waals surface area (Å²) < 4.78 is 42.4. The van der Waals surface area contributed by atoms with Crippen molar-refractivity contribution in [2.45, 2.75) is 0 Å². The van der Waals surface area contributed by atoms with Gasteiger partial charge in [0.25, 0.3) is 0 Å². The van der Waals surface area contributed by atoms with Gasteiger partial charge in [0.15, 0.2) is 17.3 Å². The number of nitrogens with zero attached hydrogens (tertiary/aromatic N) is 2. The fourth-order valence-electron chi connectivity index (χ4n) is 3.54. The number of aromatic nitrogens is 2. The first-order chi connectivity index (χ1) is 15.5. The molecule has 160 valence electrons. The smallest absolute Gasteiger partial charge is 0.306 e. The SMILES string of the molecule is CS(=O)(=O)Oc1ccccc1-c1nc(-c2ccco2)c(-c2ccco2)n1-c1ccccc1. The zero-order valence-electron chi connectivity index (χ0n) is 17.0.